The molecule has 0 saturated carbocycles. The molecule has 0 saturated heterocycles. The van der Waals surface area contributed by atoms with Crippen LogP contribution in [0.15, 0.2) is 53.6 Å². The quantitative estimate of drug-likeness (QED) is 0.550. The van der Waals surface area contributed by atoms with Gasteiger partial charge in [0.15, 0.2) is 0 Å². The fraction of sp³-hybridized carbons (Fsp3) is 0.150. The smallest absolute Gasteiger partial charge is 0.350 e. The Hall–Kier alpha value is -2.89. The van der Waals surface area contributed by atoms with Crippen molar-refractivity contribution in [1.82, 2.24) is 4.57 Å². The Morgan fingerprint density at radius 3 is 2.34 bits per heavy atom. The fourth-order valence-corrected chi connectivity index (χ4v) is 4.25. The Morgan fingerprint density at radius 1 is 1.12 bits per heavy atom. The first-order chi connectivity index (χ1) is 14.7. The lowest BCUT2D eigenvalue weighted by Crippen LogP contribution is -2.26. The number of alkyl halides is 3. The number of halogens is 5. The number of carbonyl (C=O) groups excluding carboxylic acids is 1. The molecule has 12 heteroatoms. The molecule has 170 valence electrons. The van der Waals surface area contributed by atoms with Gasteiger partial charge in [0.2, 0.25) is 10.0 Å². The zero-order valence-electron chi connectivity index (χ0n) is 16.6. The minimum Gasteiger partial charge on any atom is -0.350 e. The van der Waals surface area contributed by atoms with Crippen molar-refractivity contribution in [3.63, 3.8) is 0 Å². The van der Waals surface area contributed by atoms with Gasteiger partial charge in [0, 0.05) is 37.2 Å². The van der Waals surface area contributed by atoms with Crippen LogP contribution in [-0.2, 0) is 23.2 Å². The Bertz CT molecular complexity index is 1320. The van der Waals surface area contributed by atoms with Crippen molar-refractivity contribution in [2.75, 3.05) is 11.9 Å². The Morgan fingerprint density at radius 2 is 1.78 bits per heavy atom. The summed E-state index contributed by atoms with van der Waals surface area (Å²) >= 11 is 5.95. The zero-order chi connectivity index (χ0) is 24.0. The summed E-state index contributed by atoms with van der Waals surface area (Å²) in [5, 5.41) is 4.87. The van der Waals surface area contributed by atoms with E-state index < -0.39 is 33.5 Å². The van der Waals surface area contributed by atoms with Crippen molar-refractivity contribution in [3.8, 4) is 11.3 Å². The number of primary sulfonamides is 1. The molecular formula is C20H16ClF4N3O3S. The minimum atomic E-state index is -4.80. The van der Waals surface area contributed by atoms with E-state index in [1.54, 1.807) is 0 Å². The van der Waals surface area contributed by atoms with E-state index in [-0.39, 0.29) is 32.4 Å². The van der Waals surface area contributed by atoms with Crippen molar-refractivity contribution in [2.24, 2.45) is 12.2 Å². The lowest BCUT2D eigenvalue weighted by atomic mass is 10.0. The second kappa shape index (κ2) is 8.23. The molecule has 2 aromatic carbocycles. The highest BCUT2D eigenvalue weighted by atomic mass is 35.5. The van der Waals surface area contributed by atoms with E-state index in [1.807, 2.05) is 0 Å². The summed E-state index contributed by atoms with van der Waals surface area (Å²) in [5.41, 5.74) is -1.12. The summed E-state index contributed by atoms with van der Waals surface area (Å²) in [5.74, 6) is -1.63. The van der Waals surface area contributed by atoms with E-state index in [0.717, 1.165) is 23.1 Å². The normalized spacial score (nSPS) is 12.1. The molecule has 0 fully saturated rings. The van der Waals surface area contributed by atoms with Crippen LogP contribution in [0.5, 0.6) is 0 Å². The van der Waals surface area contributed by atoms with Crippen LogP contribution >= 0.6 is 11.6 Å². The fourth-order valence-electron chi connectivity index (χ4n) is 3.16. The van der Waals surface area contributed by atoms with Gasteiger partial charge in [-0.1, -0.05) is 11.6 Å². The minimum absolute atomic E-state index is 0.0501. The van der Waals surface area contributed by atoms with Gasteiger partial charge in [-0.2, -0.15) is 13.2 Å². The largest absolute Gasteiger partial charge is 0.417 e. The van der Waals surface area contributed by atoms with E-state index in [0.29, 0.717) is 6.07 Å². The maximum atomic E-state index is 13.4. The predicted octanol–water partition coefficient (Wildman–Crippen LogP) is 4.43. The second-order valence-corrected chi connectivity index (χ2v) is 8.87. The monoisotopic (exact) mass is 489 g/mol. The van der Waals surface area contributed by atoms with Crippen LogP contribution in [0.4, 0.5) is 23.2 Å². The number of nitrogens with zero attached hydrogens (tertiary/aromatic N) is 2. The number of hydrogen-bond donors (Lipinski definition) is 1. The number of rotatable bonds is 4. The standard InChI is InChI=1S/C20H16ClF4N3O3S/c1-27-10-11(7-17(27)14-5-3-12(22)8-15(14)20(23,24)25)19(29)28(2)13-4-6-18(16(21)9-13)32(26,30)31/h3-10H,1-2H3,(H2,26,30,31). The van der Waals surface area contributed by atoms with Crippen LogP contribution in [0, 0.1) is 5.82 Å². The Labute approximate surface area is 185 Å². The van der Waals surface area contributed by atoms with Gasteiger partial charge in [0.05, 0.1) is 16.1 Å². The first kappa shape index (κ1) is 23.8. The van der Waals surface area contributed by atoms with Gasteiger partial charge in [-0.05, 0) is 42.5 Å². The molecule has 0 aliphatic carbocycles. The van der Waals surface area contributed by atoms with E-state index >= 15 is 0 Å². The molecule has 32 heavy (non-hydrogen) atoms. The van der Waals surface area contributed by atoms with E-state index in [2.05, 4.69) is 0 Å². The third-order valence-corrected chi connectivity index (χ3v) is 6.12. The maximum absolute atomic E-state index is 13.4. The van der Waals surface area contributed by atoms with Crippen LogP contribution in [0.25, 0.3) is 11.3 Å². The number of hydrogen-bond acceptors (Lipinski definition) is 3. The van der Waals surface area contributed by atoms with Crippen LogP contribution in [0.2, 0.25) is 5.02 Å². The molecule has 1 heterocycles. The molecule has 1 aromatic heterocycles. The summed E-state index contributed by atoms with van der Waals surface area (Å²) in [7, 11) is -1.22. The summed E-state index contributed by atoms with van der Waals surface area (Å²) in [4.78, 5) is 13.7. The summed E-state index contributed by atoms with van der Waals surface area (Å²) in [6.07, 6.45) is -3.47. The van der Waals surface area contributed by atoms with Crippen LogP contribution in [0.1, 0.15) is 15.9 Å². The molecule has 3 rings (SSSR count). The number of benzene rings is 2. The van der Waals surface area contributed by atoms with Crippen LogP contribution in [0.3, 0.4) is 0 Å². The molecule has 0 radical (unpaired) electrons. The number of carbonyl (C=O) groups is 1. The molecule has 0 unspecified atom stereocenters. The molecule has 0 bridgehead atoms. The molecular weight excluding hydrogens is 474 g/mol. The van der Waals surface area contributed by atoms with Crippen molar-refractivity contribution >= 4 is 33.2 Å². The molecule has 0 aliphatic heterocycles. The number of anilines is 1. The highest BCUT2D eigenvalue weighted by Gasteiger charge is 2.35. The van der Waals surface area contributed by atoms with E-state index in [9.17, 15) is 30.8 Å². The Kier molecular flexibility index (Phi) is 6.11. The van der Waals surface area contributed by atoms with Crippen molar-refractivity contribution < 1.29 is 30.8 Å². The van der Waals surface area contributed by atoms with Gasteiger partial charge in [0.25, 0.3) is 5.91 Å². The number of sulfonamides is 1. The Balaban J connectivity index is 2.00. The number of aromatic nitrogens is 1. The molecule has 1 amide bonds. The molecule has 2 N–H and O–H groups in total. The number of amides is 1. The third-order valence-electron chi connectivity index (χ3n) is 4.73. The lowest BCUT2D eigenvalue weighted by molar-refractivity contribution is -0.137. The van der Waals surface area contributed by atoms with Crippen molar-refractivity contribution in [1.29, 1.82) is 0 Å². The van der Waals surface area contributed by atoms with Crippen LogP contribution < -0.4 is 10.0 Å². The highest BCUT2D eigenvalue weighted by molar-refractivity contribution is 7.89. The van der Waals surface area contributed by atoms with Crippen LogP contribution in [-0.4, -0.2) is 25.9 Å². The first-order valence-corrected chi connectivity index (χ1v) is 10.8. The molecule has 3 aromatic rings. The van der Waals surface area contributed by atoms with Gasteiger partial charge in [-0.3, -0.25) is 4.79 Å². The first-order valence-electron chi connectivity index (χ1n) is 8.84. The van der Waals surface area contributed by atoms with E-state index in [4.69, 9.17) is 16.7 Å². The molecule has 0 aliphatic rings. The van der Waals surface area contributed by atoms with Gasteiger partial charge < -0.3 is 9.47 Å². The molecule has 6 nitrogen and oxygen atoms in total. The SMILES string of the molecule is CN(C(=O)c1cc(-c2ccc(F)cc2C(F)(F)F)n(C)c1)c1ccc(S(N)(=O)=O)c(Cl)c1. The van der Waals surface area contributed by atoms with Gasteiger partial charge in [-0.25, -0.2) is 17.9 Å². The number of nitrogens with two attached hydrogens (primary N) is 1. The highest BCUT2D eigenvalue weighted by Crippen LogP contribution is 2.38. The summed E-state index contributed by atoms with van der Waals surface area (Å²) < 4.78 is 77.9. The third kappa shape index (κ3) is 4.64. The molecule has 0 spiro atoms. The van der Waals surface area contributed by atoms with Crippen molar-refractivity contribution in [3.05, 3.63) is 70.6 Å². The molecule has 0 atom stereocenters. The predicted molar refractivity (Wildman–Crippen MR) is 111 cm³/mol. The second-order valence-electron chi connectivity index (χ2n) is 6.94. The van der Waals surface area contributed by atoms with E-state index in [1.165, 1.54) is 43.1 Å². The van der Waals surface area contributed by atoms with Gasteiger partial charge in [-0.15, -0.1) is 0 Å². The van der Waals surface area contributed by atoms with Crippen molar-refractivity contribution in [2.45, 2.75) is 11.1 Å². The lowest BCUT2D eigenvalue weighted by Gasteiger charge is -2.17. The average Bonchev–Trinajstić information content (AvgIpc) is 3.06. The van der Waals surface area contributed by atoms with Gasteiger partial charge >= 0.3 is 6.18 Å². The van der Waals surface area contributed by atoms with Gasteiger partial charge in [0.1, 0.15) is 10.7 Å². The maximum Gasteiger partial charge on any atom is 0.417 e. The zero-order valence-corrected chi connectivity index (χ0v) is 18.2. The topological polar surface area (TPSA) is 85.4 Å². The average molecular weight is 490 g/mol. The number of aryl methyl sites for hydroxylation is 1. The summed E-state index contributed by atoms with van der Waals surface area (Å²) in [6.45, 7) is 0. The summed E-state index contributed by atoms with van der Waals surface area (Å²) in [6, 6.07) is 7.23.